The Morgan fingerprint density at radius 2 is 2.41 bits per heavy atom. The molecule has 92 valence electrons. The van der Waals surface area contributed by atoms with Crippen molar-refractivity contribution in [3.8, 4) is 6.07 Å². The number of anilines is 1. The van der Waals surface area contributed by atoms with Crippen LogP contribution in [0.25, 0.3) is 0 Å². The molecule has 0 radical (unpaired) electrons. The molecule has 0 aliphatic heterocycles. The first-order valence-corrected chi connectivity index (χ1v) is 7.27. The summed E-state index contributed by atoms with van der Waals surface area (Å²) >= 11 is 3.00. The average Bonchev–Trinajstić information content (AvgIpc) is 2.76. The van der Waals surface area contributed by atoms with Crippen LogP contribution in [-0.2, 0) is 4.79 Å². The van der Waals surface area contributed by atoms with Crippen molar-refractivity contribution in [1.82, 2.24) is 0 Å². The van der Waals surface area contributed by atoms with Crippen molar-refractivity contribution in [2.45, 2.75) is 12.8 Å². The number of thioether (sulfide) groups is 1. The average molecular weight is 270 g/mol. The highest BCUT2D eigenvalue weighted by molar-refractivity contribution is 7.99. The van der Waals surface area contributed by atoms with E-state index in [4.69, 9.17) is 10.4 Å². The molecule has 1 heterocycles. The van der Waals surface area contributed by atoms with Gasteiger partial charge in [-0.1, -0.05) is 0 Å². The number of hydrogen-bond donors (Lipinski definition) is 2. The van der Waals surface area contributed by atoms with Crippen molar-refractivity contribution in [3.63, 3.8) is 0 Å². The van der Waals surface area contributed by atoms with E-state index < -0.39 is 0 Å². The van der Waals surface area contributed by atoms with E-state index in [9.17, 15) is 4.79 Å². The number of nitrogens with zero attached hydrogens (tertiary/aromatic N) is 1. The summed E-state index contributed by atoms with van der Waals surface area (Å²) < 4.78 is 0. The van der Waals surface area contributed by atoms with Gasteiger partial charge in [-0.2, -0.15) is 17.0 Å². The second kappa shape index (κ2) is 8.12. The number of carbonyl (C=O) groups excluding carboxylic acids is 1. The summed E-state index contributed by atoms with van der Waals surface area (Å²) in [6, 6.07) is 3.72. The minimum Gasteiger partial charge on any atom is -0.396 e. The molecule has 0 aliphatic rings. The Morgan fingerprint density at radius 1 is 1.59 bits per heavy atom. The van der Waals surface area contributed by atoms with Gasteiger partial charge in [-0.15, -0.1) is 11.3 Å². The van der Waals surface area contributed by atoms with Gasteiger partial charge in [0.05, 0.1) is 5.56 Å². The van der Waals surface area contributed by atoms with Crippen LogP contribution >= 0.6 is 23.1 Å². The summed E-state index contributed by atoms with van der Waals surface area (Å²) in [4.78, 5) is 11.5. The summed E-state index contributed by atoms with van der Waals surface area (Å²) in [7, 11) is 0. The normalized spacial score (nSPS) is 9.88. The molecule has 0 unspecified atom stereocenters. The molecule has 0 fully saturated rings. The molecule has 1 aromatic heterocycles. The van der Waals surface area contributed by atoms with Gasteiger partial charge in [-0.3, -0.25) is 4.79 Å². The minimum absolute atomic E-state index is 0.0690. The minimum atomic E-state index is -0.0690. The lowest BCUT2D eigenvalue weighted by Gasteiger charge is -2.03. The summed E-state index contributed by atoms with van der Waals surface area (Å²) in [5.41, 5.74) is 0.510. The van der Waals surface area contributed by atoms with E-state index in [1.165, 1.54) is 11.3 Å². The first-order chi connectivity index (χ1) is 8.27. The lowest BCUT2D eigenvalue weighted by atomic mass is 10.3. The molecule has 6 heteroatoms. The fraction of sp³-hybridized carbons (Fsp3) is 0.455. The third-order valence-corrected chi connectivity index (χ3v) is 3.86. The van der Waals surface area contributed by atoms with Gasteiger partial charge < -0.3 is 10.4 Å². The van der Waals surface area contributed by atoms with Gasteiger partial charge in [-0.25, -0.2) is 0 Å². The summed E-state index contributed by atoms with van der Waals surface area (Å²) in [5.74, 6) is 1.53. The number of carbonyl (C=O) groups is 1. The quantitative estimate of drug-likeness (QED) is 0.744. The Kier molecular flexibility index (Phi) is 6.70. The first kappa shape index (κ1) is 14.0. The van der Waals surface area contributed by atoms with E-state index in [-0.39, 0.29) is 12.5 Å². The van der Waals surface area contributed by atoms with Gasteiger partial charge in [0.15, 0.2) is 0 Å². The van der Waals surface area contributed by atoms with Gasteiger partial charge in [0.2, 0.25) is 5.91 Å². The van der Waals surface area contributed by atoms with E-state index in [0.29, 0.717) is 17.0 Å². The lowest BCUT2D eigenvalue weighted by Crippen LogP contribution is -2.12. The van der Waals surface area contributed by atoms with Crippen LogP contribution in [0.3, 0.4) is 0 Å². The number of nitrogens with one attached hydrogen (secondary N) is 1. The van der Waals surface area contributed by atoms with Crippen molar-refractivity contribution in [2.24, 2.45) is 0 Å². The topological polar surface area (TPSA) is 73.1 Å². The molecule has 4 nitrogen and oxygen atoms in total. The van der Waals surface area contributed by atoms with Crippen LogP contribution < -0.4 is 5.32 Å². The van der Waals surface area contributed by atoms with Crippen LogP contribution in [0.2, 0.25) is 0 Å². The van der Waals surface area contributed by atoms with E-state index in [1.807, 2.05) is 6.07 Å². The molecule has 2 N–H and O–H groups in total. The molecule has 17 heavy (non-hydrogen) atoms. The number of amides is 1. The molecule has 0 saturated carbocycles. The number of nitriles is 1. The fourth-order valence-electron chi connectivity index (χ4n) is 1.12. The molecule has 0 atom stereocenters. The maximum atomic E-state index is 11.5. The number of aliphatic hydroxyl groups excluding tert-OH is 1. The smallest absolute Gasteiger partial charge is 0.225 e. The van der Waals surface area contributed by atoms with Crippen molar-refractivity contribution < 1.29 is 9.90 Å². The summed E-state index contributed by atoms with van der Waals surface area (Å²) in [6.45, 7) is 0.194. The van der Waals surface area contributed by atoms with E-state index in [2.05, 4.69) is 5.32 Å². The molecule has 0 saturated heterocycles. The maximum Gasteiger partial charge on any atom is 0.225 e. The van der Waals surface area contributed by atoms with Crippen molar-refractivity contribution in [2.75, 3.05) is 23.4 Å². The highest BCUT2D eigenvalue weighted by Crippen LogP contribution is 2.22. The van der Waals surface area contributed by atoms with Crippen LogP contribution in [0.1, 0.15) is 18.4 Å². The van der Waals surface area contributed by atoms with Gasteiger partial charge in [0.25, 0.3) is 0 Å². The zero-order chi connectivity index (χ0) is 12.5. The summed E-state index contributed by atoms with van der Waals surface area (Å²) in [5, 5.41) is 22.5. The first-order valence-electron chi connectivity index (χ1n) is 5.24. The summed E-state index contributed by atoms with van der Waals surface area (Å²) in [6.07, 6.45) is 1.19. The van der Waals surface area contributed by atoms with Crippen molar-refractivity contribution in [3.05, 3.63) is 17.0 Å². The van der Waals surface area contributed by atoms with Gasteiger partial charge >= 0.3 is 0 Å². The molecule has 0 aromatic carbocycles. The van der Waals surface area contributed by atoms with E-state index >= 15 is 0 Å². The van der Waals surface area contributed by atoms with Crippen LogP contribution in [0, 0.1) is 11.3 Å². The van der Waals surface area contributed by atoms with Gasteiger partial charge in [-0.05, 0) is 23.6 Å². The second-order valence-corrected chi connectivity index (χ2v) is 5.40. The Morgan fingerprint density at radius 3 is 3.12 bits per heavy atom. The monoisotopic (exact) mass is 270 g/mol. The molecular weight excluding hydrogens is 256 g/mol. The molecule has 1 amide bonds. The molecule has 1 aromatic rings. The van der Waals surface area contributed by atoms with E-state index in [1.54, 1.807) is 23.2 Å². The van der Waals surface area contributed by atoms with Crippen LogP contribution in [0.15, 0.2) is 11.4 Å². The van der Waals surface area contributed by atoms with Crippen molar-refractivity contribution in [1.29, 1.82) is 5.26 Å². The molecule has 0 aliphatic carbocycles. The Hall–Kier alpha value is -1.03. The number of rotatable bonds is 7. The van der Waals surface area contributed by atoms with Crippen LogP contribution in [0.4, 0.5) is 5.00 Å². The zero-order valence-electron chi connectivity index (χ0n) is 9.31. The molecule has 0 spiro atoms. The molecular formula is C11H14N2O2S2. The largest absolute Gasteiger partial charge is 0.396 e. The maximum absolute atomic E-state index is 11.5. The second-order valence-electron chi connectivity index (χ2n) is 3.26. The number of thiophene rings is 1. The predicted molar refractivity (Wildman–Crippen MR) is 71.3 cm³/mol. The third-order valence-electron chi connectivity index (χ3n) is 1.96. The fourth-order valence-corrected chi connectivity index (χ4v) is 2.74. The zero-order valence-corrected chi connectivity index (χ0v) is 10.9. The van der Waals surface area contributed by atoms with Gasteiger partial charge in [0.1, 0.15) is 11.1 Å². The number of hydrogen-bond acceptors (Lipinski definition) is 5. The lowest BCUT2D eigenvalue weighted by molar-refractivity contribution is -0.115. The highest BCUT2D eigenvalue weighted by atomic mass is 32.2. The highest BCUT2D eigenvalue weighted by Gasteiger charge is 2.07. The molecule has 0 bridgehead atoms. The SMILES string of the molecule is N#Cc1ccsc1NC(=O)CCSCCCO. The Balaban J connectivity index is 2.24. The Labute approximate surface area is 109 Å². The number of aliphatic hydroxyl groups is 1. The van der Waals surface area contributed by atoms with Gasteiger partial charge in [0, 0.05) is 18.8 Å². The Bertz CT molecular complexity index is 398. The van der Waals surface area contributed by atoms with Crippen LogP contribution in [0.5, 0.6) is 0 Å². The molecule has 1 rings (SSSR count). The third kappa shape index (κ3) is 5.22. The standard InChI is InChI=1S/C11H14N2O2S2/c12-8-9-2-7-17-11(9)13-10(15)3-6-16-5-1-4-14/h2,7,14H,1,3-6H2,(H,13,15). The van der Waals surface area contributed by atoms with E-state index in [0.717, 1.165) is 17.9 Å². The van der Waals surface area contributed by atoms with Crippen molar-refractivity contribution >= 4 is 34.0 Å². The predicted octanol–water partition coefficient (Wildman–Crippen LogP) is 2.06. The van der Waals surface area contributed by atoms with Crippen LogP contribution in [-0.4, -0.2) is 29.1 Å².